The van der Waals surface area contributed by atoms with E-state index in [4.69, 9.17) is 14.4 Å². The van der Waals surface area contributed by atoms with Crippen LogP contribution in [-0.2, 0) is 16.1 Å². The van der Waals surface area contributed by atoms with Crippen LogP contribution in [-0.4, -0.2) is 52.8 Å². The molecule has 1 aliphatic heterocycles. The zero-order valence-electron chi connectivity index (χ0n) is 18.7. The lowest BCUT2D eigenvalue weighted by atomic mass is 9.98. The van der Waals surface area contributed by atoms with Crippen molar-refractivity contribution in [2.45, 2.75) is 12.5 Å². The number of carbonyl (C=O) groups excluding carboxylic acids is 2. The van der Waals surface area contributed by atoms with Crippen molar-refractivity contribution in [2.75, 3.05) is 19.7 Å². The Balaban J connectivity index is 1.05. The topological polar surface area (TPSA) is 122 Å². The number of carbonyl (C=O) groups is 3. The molecule has 2 fully saturated rings. The lowest BCUT2D eigenvalue weighted by Crippen LogP contribution is -2.33. The summed E-state index contributed by atoms with van der Waals surface area (Å²) in [6.45, 7) is 0.980. The summed E-state index contributed by atoms with van der Waals surface area (Å²) in [5, 5.41) is 15.7. The van der Waals surface area contributed by atoms with Crippen LogP contribution in [0.15, 0.2) is 59.3 Å². The number of fused-ring (bicyclic) bond motifs is 4. The number of amides is 2. The molecule has 1 unspecified atom stereocenters. The van der Waals surface area contributed by atoms with Gasteiger partial charge in [0.15, 0.2) is 0 Å². The van der Waals surface area contributed by atoms with E-state index in [1.165, 1.54) is 6.26 Å². The van der Waals surface area contributed by atoms with Gasteiger partial charge in [-0.15, -0.1) is 0 Å². The van der Waals surface area contributed by atoms with Gasteiger partial charge in [0, 0.05) is 19.0 Å². The van der Waals surface area contributed by atoms with Crippen LogP contribution in [0.5, 0.6) is 0 Å². The van der Waals surface area contributed by atoms with E-state index in [0.29, 0.717) is 18.8 Å². The minimum Gasteiger partial charge on any atom is -0.481 e. The minimum absolute atomic E-state index is 0.0127. The zero-order chi connectivity index (χ0) is 24.1. The van der Waals surface area contributed by atoms with Gasteiger partial charge in [0.05, 0.1) is 12.5 Å². The number of likely N-dealkylation sites (tertiary alicyclic amines) is 1. The first-order valence-electron chi connectivity index (χ1n) is 11.6. The Morgan fingerprint density at radius 1 is 1.03 bits per heavy atom. The lowest BCUT2D eigenvalue weighted by Gasteiger charge is -2.18. The van der Waals surface area contributed by atoms with E-state index in [9.17, 15) is 14.4 Å². The van der Waals surface area contributed by atoms with Gasteiger partial charge in [-0.05, 0) is 34.1 Å². The van der Waals surface area contributed by atoms with Gasteiger partial charge in [-0.1, -0.05) is 53.7 Å². The molecule has 0 spiro atoms. The van der Waals surface area contributed by atoms with Crippen LogP contribution >= 0.6 is 0 Å². The van der Waals surface area contributed by atoms with Crippen molar-refractivity contribution in [1.82, 2.24) is 15.4 Å². The molecule has 1 aromatic heterocycles. The van der Waals surface area contributed by atoms with E-state index < -0.39 is 12.1 Å². The van der Waals surface area contributed by atoms with E-state index in [-0.39, 0.29) is 48.3 Å². The van der Waals surface area contributed by atoms with E-state index in [0.717, 1.165) is 22.3 Å². The van der Waals surface area contributed by atoms with Crippen LogP contribution in [0.25, 0.3) is 11.1 Å². The quantitative estimate of drug-likeness (QED) is 0.564. The molecule has 3 aliphatic rings. The zero-order valence-corrected chi connectivity index (χ0v) is 18.7. The third-order valence-electron chi connectivity index (χ3n) is 7.38. The molecule has 1 saturated carbocycles. The molecular weight excluding hydrogens is 450 g/mol. The predicted molar refractivity (Wildman–Crippen MR) is 122 cm³/mol. The van der Waals surface area contributed by atoms with Gasteiger partial charge in [0.1, 0.15) is 24.1 Å². The SMILES string of the molecule is O=C(NCc1nocc1C(=O)N1C[C@@H]2C(C(=O)O)[C@@H]2C1)OCC1c2ccccc2-c2ccccc21. The summed E-state index contributed by atoms with van der Waals surface area (Å²) in [6, 6.07) is 16.2. The van der Waals surface area contributed by atoms with Crippen molar-refractivity contribution in [1.29, 1.82) is 0 Å². The molecule has 35 heavy (non-hydrogen) atoms. The molecule has 2 aliphatic carbocycles. The molecule has 2 N–H and O–H groups in total. The van der Waals surface area contributed by atoms with Crippen molar-refractivity contribution in [3.05, 3.63) is 77.2 Å². The van der Waals surface area contributed by atoms with Crippen molar-refractivity contribution < 1.29 is 28.8 Å². The summed E-state index contributed by atoms with van der Waals surface area (Å²) in [5.74, 6) is -1.45. The van der Waals surface area contributed by atoms with Crippen LogP contribution in [0.4, 0.5) is 4.79 Å². The molecule has 2 heterocycles. The van der Waals surface area contributed by atoms with Gasteiger partial charge in [0.2, 0.25) is 0 Å². The number of aliphatic carboxylic acids is 1. The monoisotopic (exact) mass is 473 g/mol. The Bertz CT molecular complexity index is 1280. The van der Waals surface area contributed by atoms with Gasteiger partial charge in [-0.3, -0.25) is 9.59 Å². The van der Waals surface area contributed by atoms with Crippen molar-refractivity contribution in [3.8, 4) is 11.1 Å². The maximum Gasteiger partial charge on any atom is 0.407 e. The number of alkyl carbamates (subject to hydrolysis) is 1. The second-order valence-electron chi connectivity index (χ2n) is 9.26. The number of rotatable bonds is 6. The largest absolute Gasteiger partial charge is 0.481 e. The average Bonchev–Trinajstić information content (AvgIpc) is 3.22. The highest BCUT2D eigenvalue weighted by Crippen LogP contribution is 2.52. The molecule has 178 valence electrons. The van der Waals surface area contributed by atoms with Crippen LogP contribution in [0, 0.1) is 17.8 Å². The molecule has 0 radical (unpaired) electrons. The molecule has 1 saturated heterocycles. The van der Waals surface area contributed by atoms with Crippen LogP contribution in [0.3, 0.4) is 0 Å². The molecule has 0 bridgehead atoms. The van der Waals surface area contributed by atoms with Gasteiger partial charge >= 0.3 is 12.1 Å². The highest BCUT2D eigenvalue weighted by molar-refractivity contribution is 5.95. The number of nitrogens with one attached hydrogen (secondary N) is 1. The van der Waals surface area contributed by atoms with E-state index in [2.05, 4.69) is 34.7 Å². The molecular formula is C26H23N3O6. The second-order valence-corrected chi connectivity index (χ2v) is 9.26. The molecule has 3 atom stereocenters. The summed E-state index contributed by atoms with van der Waals surface area (Å²) in [5.41, 5.74) is 5.12. The summed E-state index contributed by atoms with van der Waals surface area (Å²) < 4.78 is 10.5. The number of nitrogens with zero attached hydrogens (tertiary/aromatic N) is 2. The van der Waals surface area contributed by atoms with Gasteiger partial charge in [-0.2, -0.15) is 0 Å². The first-order chi connectivity index (χ1) is 17.0. The van der Waals surface area contributed by atoms with Gasteiger partial charge in [-0.25, -0.2) is 4.79 Å². The maximum atomic E-state index is 12.9. The number of hydrogen-bond donors (Lipinski definition) is 2. The number of ether oxygens (including phenoxy) is 1. The molecule has 3 aromatic rings. The summed E-state index contributed by atoms with van der Waals surface area (Å²) >= 11 is 0. The summed E-state index contributed by atoms with van der Waals surface area (Å²) in [4.78, 5) is 38.1. The number of carboxylic acids is 1. The van der Waals surface area contributed by atoms with E-state index in [1.54, 1.807) is 4.90 Å². The molecule has 9 heteroatoms. The second kappa shape index (κ2) is 8.26. The first-order valence-corrected chi connectivity index (χ1v) is 11.6. The fraction of sp³-hybridized carbons (Fsp3) is 0.308. The smallest absolute Gasteiger partial charge is 0.407 e. The van der Waals surface area contributed by atoms with E-state index >= 15 is 0 Å². The average molecular weight is 473 g/mol. The van der Waals surface area contributed by atoms with Gasteiger partial charge in [0.25, 0.3) is 5.91 Å². The molecule has 2 aromatic carbocycles. The molecule has 9 nitrogen and oxygen atoms in total. The van der Waals surface area contributed by atoms with Crippen LogP contribution in [0.2, 0.25) is 0 Å². The molecule has 6 rings (SSSR count). The number of aromatic nitrogens is 1. The van der Waals surface area contributed by atoms with Crippen molar-refractivity contribution in [2.24, 2.45) is 17.8 Å². The number of benzene rings is 2. The Morgan fingerprint density at radius 3 is 2.29 bits per heavy atom. The Labute approximate surface area is 200 Å². The maximum absolute atomic E-state index is 12.9. The highest BCUT2D eigenvalue weighted by atomic mass is 16.5. The standard InChI is InChI=1S/C26H23N3O6/c30-24(29-10-18-19(11-29)23(18)25(31)32)21-13-35-28-22(21)9-27-26(33)34-12-20-16-7-3-1-5-14(16)15-6-2-4-8-17(15)20/h1-8,13,18-20,23H,9-12H2,(H,27,33)(H,31,32)/t18-,19+,23?. The van der Waals surface area contributed by atoms with E-state index in [1.807, 2.05) is 24.3 Å². The first kappa shape index (κ1) is 21.4. The van der Waals surface area contributed by atoms with Crippen molar-refractivity contribution >= 4 is 18.0 Å². The Morgan fingerprint density at radius 2 is 1.66 bits per heavy atom. The van der Waals surface area contributed by atoms with Crippen LogP contribution in [0.1, 0.15) is 33.1 Å². The highest BCUT2D eigenvalue weighted by Gasteiger charge is 2.60. The fourth-order valence-electron chi connectivity index (χ4n) is 5.60. The number of carboxylic acid groups (broad SMARTS) is 1. The Hall–Kier alpha value is -4.14. The van der Waals surface area contributed by atoms with Crippen molar-refractivity contribution in [3.63, 3.8) is 0 Å². The van der Waals surface area contributed by atoms with Crippen LogP contribution < -0.4 is 5.32 Å². The third-order valence-corrected chi connectivity index (χ3v) is 7.38. The third kappa shape index (κ3) is 3.63. The number of hydrogen-bond acceptors (Lipinski definition) is 6. The molecule has 2 amide bonds. The Kier molecular flexibility index (Phi) is 5.05. The summed E-state index contributed by atoms with van der Waals surface area (Å²) in [7, 11) is 0. The predicted octanol–water partition coefficient (Wildman–Crippen LogP) is 3.12. The lowest BCUT2D eigenvalue weighted by molar-refractivity contribution is -0.139. The fourth-order valence-corrected chi connectivity index (χ4v) is 5.60. The number of piperidine rings is 1. The minimum atomic E-state index is -0.801. The van der Waals surface area contributed by atoms with Gasteiger partial charge < -0.3 is 24.6 Å². The summed E-state index contributed by atoms with van der Waals surface area (Å²) in [6.07, 6.45) is 0.648. The normalized spacial score (nSPS) is 21.7.